The minimum Gasteiger partial charge on any atom is -0.494 e. The molecule has 110 valence electrons. The van der Waals surface area contributed by atoms with Crippen molar-refractivity contribution in [1.29, 1.82) is 0 Å². The monoisotopic (exact) mass is 279 g/mol. The summed E-state index contributed by atoms with van der Waals surface area (Å²) >= 11 is 0. The average molecular weight is 279 g/mol. The fourth-order valence-electron chi connectivity index (χ4n) is 1.83. The van der Waals surface area contributed by atoms with Gasteiger partial charge >= 0.3 is 5.97 Å². The largest absolute Gasteiger partial charge is 0.494 e. The molecule has 0 aliphatic carbocycles. The number of carbonyl (C=O) groups excluding carboxylic acids is 1. The first-order chi connectivity index (χ1) is 9.43. The van der Waals surface area contributed by atoms with E-state index in [4.69, 9.17) is 9.84 Å². The highest BCUT2D eigenvalue weighted by atomic mass is 16.5. The van der Waals surface area contributed by atoms with Crippen molar-refractivity contribution in [3.8, 4) is 5.75 Å². The van der Waals surface area contributed by atoms with Gasteiger partial charge in [-0.15, -0.1) is 0 Å². The van der Waals surface area contributed by atoms with Gasteiger partial charge in [0.2, 0.25) is 0 Å². The van der Waals surface area contributed by atoms with Crippen LogP contribution in [0, 0.1) is 5.92 Å². The molecule has 0 radical (unpaired) electrons. The Bertz CT molecular complexity index is 471. The predicted molar refractivity (Wildman–Crippen MR) is 76.0 cm³/mol. The van der Waals surface area contributed by atoms with Gasteiger partial charge < -0.3 is 15.2 Å². The van der Waals surface area contributed by atoms with E-state index in [0.717, 1.165) is 0 Å². The molecule has 0 aromatic heterocycles. The number of hydrogen-bond donors (Lipinski definition) is 2. The van der Waals surface area contributed by atoms with Crippen molar-refractivity contribution in [3.63, 3.8) is 0 Å². The zero-order valence-corrected chi connectivity index (χ0v) is 12.1. The second kappa shape index (κ2) is 7.53. The molecule has 0 bridgehead atoms. The molecule has 0 aliphatic rings. The van der Waals surface area contributed by atoms with Gasteiger partial charge in [-0.05, 0) is 37.5 Å². The molecular formula is C15H21NO4. The smallest absolute Gasteiger partial charge is 0.326 e. The third-order valence-corrected chi connectivity index (χ3v) is 2.72. The molecule has 2 N–H and O–H groups in total. The topological polar surface area (TPSA) is 75.6 Å². The molecule has 1 aromatic carbocycles. The third-order valence-electron chi connectivity index (χ3n) is 2.72. The highest BCUT2D eigenvalue weighted by Crippen LogP contribution is 2.14. The number of carboxylic acid groups (broad SMARTS) is 1. The van der Waals surface area contributed by atoms with E-state index in [0.29, 0.717) is 24.3 Å². The molecule has 0 saturated heterocycles. The predicted octanol–water partition coefficient (Wildman–Crippen LogP) is 2.31. The Kier molecular flexibility index (Phi) is 6.03. The second-order valence-electron chi connectivity index (χ2n) is 4.95. The molecular weight excluding hydrogens is 258 g/mol. The Morgan fingerprint density at radius 3 is 2.60 bits per heavy atom. The summed E-state index contributed by atoms with van der Waals surface area (Å²) in [6.07, 6.45) is 0.395. The minimum absolute atomic E-state index is 0.186. The molecule has 1 aromatic rings. The maximum Gasteiger partial charge on any atom is 0.326 e. The Hall–Kier alpha value is -2.04. The number of ether oxygens (including phenoxy) is 1. The molecule has 5 heteroatoms. The Morgan fingerprint density at radius 2 is 2.05 bits per heavy atom. The van der Waals surface area contributed by atoms with Crippen molar-refractivity contribution in [3.05, 3.63) is 29.8 Å². The number of nitrogens with one attached hydrogen (secondary N) is 1. The number of rotatable bonds is 7. The first-order valence-electron chi connectivity index (χ1n) is 6.70. The third kappa shape index (κ3) is 4.91. The van der Waals surface area contributed by atoms with Crippen LogP contribution in [0.2, 0.25) is 0 Å². The molecule has 1 amide bonds. The van der Waals surface area contributed by atoms with E-state index in [1.165, 1.54) is 0 Å². The van der Waals surface area contributed by atoms with Crippen LogP contribution in [-0.4, -0.2) is 29.6 Å². The van der Waals surface area contributed by atoms with E-state index < -0.39 is 17.9 Å². The Morgan fingerprint density at radius 1 is 1.35 bits per heavy atom. The van der Waals surface area contributed by atoms with Crippen molar-refractivity contribution in [2.45, 2.75) is 33.2 Å². The normalized spacial score (nSPS) is 12.0. The van der Waals surface area contributed by atoms with Crippen LogP contribution in [0.25, 0.3) is 0 Å². The van der Waals surface area contributed by atoms with Gasteiger partial charge in [-0.25, -0.2) is 4.79 Å². The van der Waals surface area contributed by atoms with E-state index in [-0.39, 0.29) is 5.92 Å². The van der Waals surface area contributed by atoms with Crippen LogP contribution < -0.4 is 10.1 Å². The highest BCUT2D eigenvalue weighted by molar-refractivity contribution is 5.96. The van der Waals surface area contributed by atoms with Crippen molar-refractivity contribution in [2.75, 3.05) is 6.61 Å². The number of hydrogen-bond acceptors (Lipinski definition) is 3. The summed E-state index contributed by atoms with van der Waals surface area (Å²) < 4.78 is 5.32. The van der Waals surface area contributed by atoms with E-state index in [2.05, 4.69) is 5.32 Å². The number of aliphatic carboxylic acids is 1. The molecule has 1 atom stereocenters. The maximum atomic E-state index is 12.1. The minimum atomic E-state index is -1.02. The van der Waals surface area contributed by atoms with Crippen molar-refractivity contribution < 1.29 is 19.4 Å². The van der Waals surface area contributed by atoms with E-state index in [1.54, 1.807) is 24.3 Å². The van der Waals surface area contributed by atoms with Crippen molar-refractivity contribution in [1.82, 2.24) is 5.32 Å². The van der Waals surface area contributed by atoms with Gasteiger partial charge in [0.05, 0.1) is 6.61 Å². The number of carboxylic acids is 1. The van der Waals surface area contributed by atoms with Gasteiger partial charge in [0.15, 0.2) is 0 Å². The lowest BCUT2D eigenvalue weighted by molar-refractivity contribution is -0.139. The van der Waals surface area contributed by atoms with Crippen LogP contribution in [0.4, 0.5) is 0 Å². The molecule has 0 aliphatic heterocycles. The average Bonchev–Trinajstić information content (AvgIpc) is 2.38. The zero-order chi connectivity index (χ0) is 15.1. The highest BCUT2D eigenvalue weighted by Gasteiger charge is 2.21. The Labute approximate surface area is 118 Å². The lowest BCUT2D eigenvalue weighted by atomic mass is 10.0. The summed E-state index contributed by atoms with van der Waals surface area (Å²) in [6, 6.07) is 5.82. The van der Waals surface area contributed by atoms with Gasteiger partial charge in [-0.2, -0.15) is 0 Å². The van der Waals surface area contributed by atoms with Crippen LogP contribution >= 0.6 is 0 Å². The summed E-state index contributed by atoms with van der Waals surface area (Å²) in [5, 5.41) is 11.7. The van der Waals surface area contributed by atoms with Crippen molar-refractivity contribution in [2.24, 2.45) is 5.92 Å². The molecule has 0 spiro atoms. The van der Waals surface area contributed by atoms with Crippen LogP contribution in [0.3, 0.4) is 0 Å². The lowest BCUT2D eigenvalue weighted by Gasteiger charge is -2.16. The van der Waals surface area contributed by atoms with Gasteiger partial charge in [-0.1, -0.05) is 19.9 Å². The maximum absolute atomic E-state index is 12.1. The van der Waals surface area contributed by atoms with Crippen LogP contribution in [-0.2, 0) is 4.79 Å². The fourth-order valence-corrected chi connectivity index (χ4v) is 1.83. The number of amides is 1. The van der Waals surface area contributed by atoms with Crippen LogP contribution in [0.5, 0.6) is 5.75 Å². The molecule has 0 heterocycles. The van der Waals surface area contributed by atoms with Crippen molar-refractivity contribution >= 4 is 11.9 Å². The summed E-state index contributed by atoms with van der Waals surface area (Å²) in [4.78, 5) is 23.2. The van der Waals surface area contributed by atoms with E-state index >= 15 is 0 Å². The van der Waals surface area contributed by atoms with Gasteiger partial charge in [0, 0.05) is 5.56 Å². The van der Waals surface area contributed by atoms with E-state index in [1.807, 2.05) is 20.8 Å². The standard InChI is InChI=1S/C15H21NO4/c1-4-20-12-7-5-6-11(9-12)14(17)16-13(15(18)19)8-10(2)3/h5-7,9-10,13H,4,8H2,1-3H3,(H,16,17)(H,18,19)/t13-/m0/s1. The first-order valence-corrected chi connectivity index (χ1v) is 6.70. The van der Waals surface area contributed by atoms with Gasteiger partial charge in [0.25, 0.3) is 5.91 Å². The number of carbonyl (C=O) groups is 2. The first kappa shape index (κ1) is 16.0. The molecule has 0 unspecified atom stereocenters. The quantitative estimate of drug-likeness (QED) is 0.803. The summed E-state index contributed by atoms with van der Waals surface area (Å²) in [5.74, 6) is -0.644. The lowest BCUT2D eigenvalue weighted by Crippen LogP contribution is -2.41. The summed E-state index contributed by atoms with van der Waals surface area (Å²) in [5.41, 5.74) is 0.394. The SMILES string of the molecule is CCOc1cccc(C(=O)N[C@@H](CC(C)C)C(=O)O)c1. The zero-order valence-electron chi connectivity index (χ0n) is 12.1. The van der Waals surface area contributed by atoms with Gasteiger partial charge in [-0.3, -0.25) is 4.79 Å². The van der Waals surface area contributed by atoms with E-state index in [9.17, 15) is 9.59 Å². The summed E-state index contributed by atoms with van der Waals surface area (Å²) in [6.45, 7) is 6.20. The Balaban J connectivity index is 2.78. The molecule has 0 saturated carbocycles. The van der Waals surface area contributed by atoms with Crippen LogP contribution in [0.15, 0.2) is 24.3 Å². The van der Waals surface area contributed by atoms with Gasteiger partial charge in [0.1, 0.15) is 11.8 Å². The molecule has 0 fully saturated rings. The van der Waals surface area contributed by atoms with Crippen LogP contribution in [0.1, 0.15) is 37.6 Å². The molecule has 20 heavy (non-hydrogen) atoms. The molecule has 1 rings (SSSR count). The molecule has 5 nitrogen and oxygen atoms in total. The second-order valence-corrected chi connectivity index (χ2v) is 4.95. The summed E-state index contributed by atoms with van der Waals surface area (Å²) in [7, 11) is 0. The number of benzene rings is 1. The fraction of sp³-hybridized carbons (Fsp3) is 0.467.